The molecular weight excluding hydrogens is 427 g/mol. The Balaban J connectivity index is 1.42. The van der Waals surface area contributed by atoms with Gasteiger partial charge in [0.05, 0.1) is 5.37 Å². The Morgan fingerprint density at radius 2 is 1.94 bits per heavy atom. The number of rotatable bonds is 4. The van der Waals surface area contributed by atoms with Crippen molar-refractivity contribution >= 4 is 51.3 Å². The third-order valence-electron chi connectivity index (χ3n) is 4.89. The number of furan rings is 1. The van der Waals surface area contributed by atoms with E-state index in [1.807, 2.05) is 0 Å². The number of hydrogen-bond acceptors (Lipinski definition) is 7. The van der Waals surface area contributed by atoms with Crippen LogP contribution in [0, 0.1) is 11.7 Å². The van der Waals surface area contributed by atoms with E-state index in [2.05, 4.69) is 10.3 Å². The molecule has 0 saturated carbocycles. The van der Waals surface area contributed by atoms with Crippen molar-refractivity contribution in [1.82, 2.24) is 10.3 Å². The predicted molar refractivity (Wildman–Crippen MR) is 110 cm³/mol. The van der Waals surface area contributed by atoms with Gasteiger partial charge >= 0.3 is 11.9 Å². The number of nitrogens with zero attached hydrogens (tertiary/aromatic N) is 1. The topological polar surface area (TPSA) is 126 Å². The SMILES string of the molecule is O=C(NC1SC=C(c2cc3cccc(O)c3o2)C1C(=O)O)c1nc2cccc(F)c2o1. The van der Waals surface area contributed by atoms with Crippen molar-refractivity contribution in [3.8, 4) is 5.75 Å². The minimum absolute atomic E-state index is 0.0603. The summed E-state index contributed by atoms with van der Waals surface area (Å²) in [6.45, 7) is 0. The van der Waals surface area contributed by atoms with Crippen LogP contribution in [0.15, 0.2) is 56.7 Å². The van der Waals surface area contributed by atoms with E-state index in [0.717, 1.165) is 11.8 Å². The number of halogens is 1. The zero-order valence-corrected chi connectivity index (χ0v) is 16.4. The van der Waals surface area contributed by atoms with Crippen LogP contribution < -0.4 is 5.32 Å². The van der Waals surface area contributed by atoms with Crippen LogP contribution in [-0.2, 0) is 4.79 Å². The highest BCUT2D eigenvalue weighted by Gasteiger charge is 2.40. The lowest BCUT2D eigenvalue weighted by atomic mass is 9.98. The lowest BCUT2D eigenvalue weighted by Gasteiger charge is -2.18. The highest BCUT2D eigenvalue weighted by molar-refractivity contribution is 8.03. The van der Waals surface area contributed by atoms with E-state index in [-0.39, 0.29) is 34.1 Å². The number of amides is 1. The van der Waals surface area contributed by atoms with E-state index in [9.17, 15) is 24.2 Å². The Bertz CT molecular complexity index is 1390. The number of oxazole rings is 1. The summed E-state index contributed by atoms with van der Waals surface area (Å²) >= 11 is 1.09. The largest absolute Gasteiger partial charge is 0.504 e. The number of carboxylic acids is 1. The van der Waals surface area contributed by atoms with Crippen molar-refractivity contribution in [3.63, 3.8) is 0 Å². The van der Waals surface area contributed by atoms with E-state index in [0.29, 0.717) is 11.0 Å². The van der Waals surface area contributed by atoms with Crippen LogP contribution in [0.5, 0.6) is 5.75 Å². The van der Waals surface area contributed by atoms with Gasteiger partial charge in [0.25, 0.3) is 5.89 Å². The fraction of sp³-hybridized carbons (Fsp3) is 0.0952. The molecule has 1 aliphatic heterocycles. The highest BCUT2D eigenvalue weighted by Crippen LogP contribution is 2.43. The average molecular weight is 440 g/mol. The lowest BCUT2D eigenvalue weighted by molar-refractivity contribution is -0.139. The van der Waals surface area contributed by atoms with E-state index in [4.69, 9.17) is 8.83 Å². The Morgan fingerprint density at radius 3 is 2.68 bits per heavy atom. The average Bonchev–Trinajstić information content (AvgIpc) is 3.44. The molecule has 4 aromatic rings. The van der Waals surface area contributed by atoms with Crippen molar-refractivity contribution < 1.29 is 33.0 Å². The molecule has 8 nitrogen and oxygen atoms in total. The summed E-state index contributed by atoms with van der Waals surface area (Å²) in [6, 6.07) is 10.6. The molecule has 1 amide bonds. The number of phenols is 1. The second-order valence-electron chi connectivity index (χ2n) is 6.83. The number of carbonyl (C=O) groups excluding carboxylic acids is 1. The Kier molecular flexibility index (Phi) is 4.44. The molecule has 2 aromatic heterocycles. The zero-order valence-electron chi connectivity index (χ0n) is 15.5. The van der Waals surface area contributed by atoms with Crippen LogP contribution in [0.3, 0.4) is 0 Å². The van der Waals surface area contributed by atoms with Crippen molar-refractivity contribution in [2.75, 3.05) is 0 Å². The molecule has 2 aromatic carbocycles. The summed E-state index contributed by atoms with van der Waals surface area (Å²) in [5.74, 6) is -3.87. The fourth-order valence-corrected chi connectivity index (χ4v) is 4.60. The first-order chi connectivity index (χ1) is 14.9. The van der Waals surface area contributed by atoms with Gasteiger partial charge in [0, 0.05) is 11.0 Å². The number of carboxylic acid groups (broad SMARTS) is 1. The zero-order chi connectivity index (χ0) is 21.7. The molecule has 3 heterocycles. The third kappa shape index (κ3) is 3.21. The number of fused-ring (bicyclic) bond motifs is 2. The van der Waals surface area contributed by atoms with Crippen molar-refractivity contribution in [1.29, 1.82) is 0 Å². The Labute approximate surface area is 177 Å². The number of aromatic hydroxyl groups is 1. The van der Waals surface area contributed by atoms with Crippen LogP contribution >= 0.6 is 11.8 Å². The quantitative estimate of drug-likeness (QED) is 0.435. The third-order valence-corrected chi connectivity index (χ3v) is 5.96. The van der Waals surface area contributed by atoms with Crippen LogP contribution in [-0.4, -0.2) is 32.4 Å². The van der Waals surface area contributed by atoms with Gasteiger partial charge in [0.15, 0.2) is 22.7 Å². The summed E-state index contributed by atoms with van der Waals surface area (Å²) in [4.78, 5) is 28.6. The molecule has 0 spiro atoms. The maximum Gasteiger partial charge on any atom is 0.314 e. The van der Waals surface area contributed by atoms with Gasteiger partial charge in [-0.1, -0.05) is 18.2 Å². The van der Waals surface area contributed by atoms with Crippen LogP contribution in [0.4, 0.5) is 4.39 Å². The van der Waals surface area contributed by atoms with Crippen LogP contribution in [0.1, 0.15) is 16.4 Å². The summed E-state index contributed by atoms with van der Waals surface area (Å²) in [7, 11) is 0. The molecule has 31 heavy (non-hydrogen) atoms. The Hall–Kier alpha value is -3.79. The number of benzene rings is 2. The van der Waals surface area contributed by atoms with Gasteiger partial charge in [0.1, 0.15) is 17.2 Å². The number of hydrogen-bond donors (Lipinski definition) is 3. The molecule has 0 fully saturated rings. The molecule has 1 aliphatic rings. The van der Waals surface area contributed by atoms with Gasteiger partial charge in [-0.05, 0) is 29.7 Å². The van der Waals surface area contributed by atoms with Crippen molar-refractivity contribution in [2.45, 2.75) is 5.37 Å². The van der Waals surface area contributed by atoms with Gasteiger partial charge in [-0.3, -0.25) is 9.59 Å². The number of para-hydroxylation sites is 2. The summed E-state index contributed by atoms with van der Waals surface area (Å²) in [5.41, 5.74) is 0.623. The highest BCUT2D eigenvalue weighted by atomic mass is 32.2. The predicted octanol–water partition coefficient (Wildman–Crippen LogP) is 3.96. The molecule has 0 aliphatic carbocycles. The number of thioether (sulfide) groups is 1. The number of carbonyl (C=O) groups is 2. The molecule has 3 N–H and O–H groups in total. The van der Waals surface area contributed by atoms with Crippen molar-refractivity contribution in [3.05, 3.63) is 65.3 Å². The number of phenolic OH excluding ortho intramolecular Hbond substituents is 1. The first kappa shape index (κ1) is 19.2. The second-order valence-corrected chi connectivity index (χ2v) is 7.85. The van der Waals surface area contributed by atoms with Gasteiger partial charge < -0.3 is 24.4 Å². The molecule has 5 rings (SSSR count). The van der Waals surface area contributed by atoms with Gasteiger partial charge in [0.2, 0.25) is 0 Å². The van der Waals surface area contributed by atoms with Crippen LogP contribution in [0.2, 0.25) is 0 Å². The maximum atomic E-state index is 13.8. The molecule has 2 unspecified atom stereocenters. The molecule has 156 valence electrons. The molecule has 0 radical (unpaired) electrons. The van der Waals surface area contributed by atoms with Crippen molar-refractivity contribution in [2.24, 2.45) is 5.92 Å². The number of aliphatic carboxylic acids is 1. The normalized spacial score (nSPS) is 18.4. The monoisotopic (exact) mass is 440 g/mol. The van der Waals surface area contributed by atoms with E-state index in [1.165, 1.54) is 24.3 Å². The molecule has 2 atom stereocenters. The molecule has 0 saturated heterocycles. The van der Waals surface area contributed by atoms with E-state index >= 15 is 0 Å². The first-order valence-corrected chi connectivity index (χ1v) is 10.0. The molecular formula is C21H13FN2O6S. The number of nitrogens with one attached hydrogen (secondary N) is 1. The van der Waals surface area contributed by atoms with E-state index < -0.39 is 29.0 Å². The first-order valence-electron chi connectivity index (χ1n) is 9.08. The summed E-state index contributed by atoms with van der Waals surface area (Å²) < 4.78 is 24.7. The Morgan fingerprint density at radius 1 is 1.13 bits per heavy atom. The number of aromatic nitrogens is 1. The second kappa shape index (κ2) is 7.17. The molecule has 10 heteroatoms. The maximum absolute atomic E-state index is 13.8. The van der Waals surface area contributed by atoms with Gasteiger partial charge in [-0.2, -0.15) is 0 Å². The minimum atomic E-state index is -1.17. The summed E-state index contributed by atoms with van der Waals surface area (Å²) in [6.07, 6.45) is 0. The minimum Gasteiger partial charge on any atom is -0.504 e. The summed E-state index contributed by atoms with van der Waals surface area (Å²) in [5, 5.41) is 23.6. The smallest absolute Gasteiger partial charge is 0.314 e. The molecule has 0 bridgehead atoms. The van der Waals surface area contributed by atoms with Crippen LogP contribution in [0.25, 0.3) is 27.6 Å². The van der Waals surface area contributed by atoms with E-state index in [1.54, 1.807) is 23.6 Å². The standard InChI is InChI=1S/C21H13FN2O6S/c22-11-4-2-5-12-17(11)30-19(23-12)18(26)24-20-15(21(27)28)10(8-31-20)14-7-9-3-1-6-13(25)16(9)29-14/h1-8,15,20,25H,(H,24,26)(H,27,28). The van der Waals surface area contributed by atoms with Gasteiger partial charge in [-0.25, -0.2) is 9.37 Å². The fourth-order valence-electron chi connectivity index (χ4n) is 3.45. The van der Waals surface area contributed by atoms with Gasteiger partial charge in [-0.15, -0.1) is 11.8 Å². The lowest BCUT2D eigenvalue weighted by Crippen LogP contribution is -2.39.